The molecule has 2 amide bonds. The lowest BCUT2D eigenvalue weighted by molar-refractivity contribution is -0.131. The smallest absolute Gasteiger partial charge is 0.251 e. The molecule has 20 heavy (non-hydrogen) atoms. The van der Waals surface area contributed by atoms with Crippen LogP contribution in [0.15, 0.2) is 18.2 Å². The third-order valence-electron chi connectivity index (χ3n) is 3.39. The molecule has 1 aliphatic rings. The van der Waals surface area contributed by atoms with Gasteiger partial charge in [-0.15, -0.1) is 0 Å². The highest BCUT2D eigenvalue weighted by Crippen LogP contribution is 2.19. The first-order valence-corrected chi connectivity index (χ1v) is 7.01. The highest BCUT2D eigenvalue weighted by Gasteiger charge is 2.24. The van der Waals surface area contributed by atoms with E-state index in [4.69, 9.17) is 17.3 Å². The van der Waals surface area contributed by atoms with Gasteiger partial charge in [-0.05, 0) is 38.0 Å². The third-order valence-corrected chi connectivity index (χ3v) is 3.74. The van der Waals surface area contributed by atoms with Gasteiger partial charge in [-0.2, -0.15) is 0 Å². The Balaban J connectivity index is 1.99. The summed E-state index contributed by atoms with van der Waals surface area (Å²) in [6.45, 7) is 3.23. The molecule has 0 bridgehead atoms. The Kier molecular flexibility index (Phi) is 4.49. The van der Waals surface area contributed by atoms with Crippen LogP contribution in [-0.2, 0) is 4.79 Å². The summed E-state index contributed by atoms with van der Waals surface area (Å²) in [7, 11) is 0. The van der Waals surface area contributed by atoms with E-state index in [2.05, 4.69) is 5.32 Å². The maximum Gasteiger partial charge on any atom is 0.251 e. The predicted octanol–water partition coefficient (Wildman–Crippen LogP) is 1.66. The van der Waals surface area contributed by atoms with Gasteiger partial charge in [0.2, 0.25) is 5.91 Å². The van der Waals surface area contributed by atoms with Crippen molar-refractivity contribution in [1.29, 1.82) is 0 Å². The second kappa shape index (κ2) is 6.13. The van der Waals surface area contributed by atoms with Crippen LogP contribution in [0.1, 0.15) is 30.1 Å². The zero-order valence-corrected chi connectivity index (χ0v) is 12.1. The van der Waals surface area contributed by atoms with Gasteiger partial charge in [-0.3, -0.25) is 9.59 Å². The van der Waals surface area contributed by atoms with E-state index in [1.807, 2.05) is 0 Å². The first-order valence-electron chi connectivity index (χ1n) is 6.63. The summed E-state index contributed by atoms with van der Waals surface area (Å²) >= 11 is 5.81. The van der Waals surface area contributed by atoms with Crippen molar-refractivity contribution in [2.45, 2.75) is 25.8 Å². The second-order valence-electron chi connectivity index (χ2n) is 4.96. The number of nitrogens with zero attached hydrogens (tertiary/aromatic N) is 1. The van der Waals surface area contributed by atoms with Crippen LogP contribution in [0.3, 0.4) is 0 Å². The largest absolute Gasteiger partial charge is 0.398 e. The van der Waals surface area contributed by atoms with Crippen molar-refractivity contribution in [3.05, 3.63) is 28.8 Å². The van der Waals surface area contributed by atoms with Crippen LogP contribution in [0.2, 0.25) is 5.02 Å². The van der Waals surface area contributed by atoms with Crippen molar-refractivity contribution in [1.82, 2.24) is 10.2 Å². The monoisotopic (exact) mass is 295 g/mol. The van der Waals surface area contributed by atoms with Gasteiger partial charge in [0, 0.05) is 18.7 Å². The van der Waals surface area contributed by atoms with E-state index in [9.17, 15) is 9.59 Å². The number of rotatable bonds is 3. The molecule has 1 aliphatic heterocycles. The summed E-state index contributed by atoms with van der Waals surface area (Å²) in [6.07, 6.45) is 2.06. The van der Waals surface area contributed by atoms with Gasteiger partial charge in [0.1, 0.15) is 6.04 Å². The normalized spacial score (nSPS) is 16.0. The van der Waals surface area contributed by atoms with Crippen molar-refractivity contribution < 1.29 is 9.59 Å². The number of nitrogens with one attached hydrogen (secondary N) is 1. The van der Waals surface area contributed by atoms with Crippen LogP contribution < -0.4 is 11.1 Å². The predicted molar refractivity (Wildman–Crippen MR) is 78.6 cm³/mol. The van der Waals surface area contributed by atoms with Crippen LogP contribution in [-0.4, -0.2) is 35.8 Å². The lowest BCUT2D eigenvalue weighted by Crippen LogP contribution is -2.45. The number of nitrogens with two attached hydrogens (primary N) is 1. The first kappa shape index (κ1) is 14.7. The van der Waals surface area contributed by atoms with Gasteiger partial charge in [-0.25, -0.2) is 0 Å². The fourth-order valence-corrected chi connectivity index (χ4v) is 2.36. The summed E-state index contributed by atoms with van der Waals surface area (Å²) in [4.78, 5) is 25.9. The highest BCUT2D eigenvalue weighted by molar-refractivity contribution is 6.33. The van der Waals surface area contributed by atoms with Gasteiger partial charge in [0.25, 0.3) is 5.91 Å². The Hall–Kier alpha value is -1.75. The Morgan fingerprint density at radius 1 is 1.35 bits per heavy atom. The molecule has 0 aromatic heterocycles. The van der Waals surface area contributed by atoms with Crippen molar-refractivity contribution in [2.75, 3.05) is 18.8 Å². The molecule has 108 valence electrons. The minimum absolute atomic E-state index is 0.0437. The Morgan fingerprint density at radius 3 is 2.60 bits per heavy atom. The molecular formula is C14H18ClN3O2. The lowest BCUT2D eigenvalue weighted by atomic mass is 10.1. The minimum atomic E-state index is -0.544. The summed E-state index contributed by atoms with van der Waals surface area (Å²) in [5.74, 6) is -0.369. The van der Waals surface area contributed by atoms with Crippen LogP contribution in [0, 0.1) is 0 Å². The van der Waals surface area contributed by atoms with E-state index in [0.29, 0.717) is 16.3 Å². The second-order valence-corrected chi connectivity index (χ2v) is 5.37. The van der Waals surface area contributed by atoms with Crippen molar-refractivity contribution in [3.8, 4) is 0 Å². The molecule has 1 unspecified atom stereocenters. The fraction of sp³-hybridized carbons (Fsp3) is 0.429. The number of carbonyl (C=O) groups is 2. The lowest BCUT2D eigenvalue weighted by Gasteiger charge is -2.21. The zero-order chi connectivity index (χ0) is 14.7. The molecule has 0 saturated carbocycles. The van der Waals surface area contributed by atoms with E-state index >= 15 is 0 Å². The molecule has 0 radical (unpaired) electrons. The number of hydrogen-bond acceptors (Lipinski definition) is 3. The van der Waals surface area contributed by atoms with Gasteiger partial charge in [-0.1, -0.05) is 11.6 Å². The van der Waals surface area contributed by atoms with E-state index < -0.39 is 6.04 Å². The van der Waals surface area contributed by atoms with Crippen molar-refractivity contribution >= 4 is 29.1 Å². The standard InChI is InChI=1S/C14H18ClN3O2/c1-9(14(20)18-6-2-3-7-18)17-13(19)10-4-5-11(15)12(16)8-10/h4-5,8-9H,2-3,6-7,16H2,1H3,(H,17,19). The molecule has 1 saturated heterocycles. The number of nitrogen functional groups attached to an aromatic ring is 1. The maximum atomic E-state index is 12.1. The molecule has 5 nitrogen and oxygen atoms in total. The van der Waals surface area contributed by atoms with Crippen LogP contribution in [0.25, 0.3) is 0 Å². The first-order chi connectivity index (χ1) is 9.49. The average molecular weight is 296 g/mol. The SMILES string of the molecule is CC(NC(=O)c1ccc(Cl)c(N)c1)C(=O)N1CCCC1. The van der Waals surface area contributed by atoms with Gasteiger partial charge >= 0.3 is 0 Å². The molecular weight excluding hydrogens is 278 g/mol. The molecule has 2 rings (SSSR count). The quantitative estimate of drug-likeness (QED) is 0.833. The summed E-state index contributed by atoms with van der Waals surface area (Å²) in [5, 5.41) is 3.10. The topological polar surface area (TPSA) is 75.4 Å². The van der Waals surface area contributed by atoms with Crippen molar-refractivity contribution in [3.63, 3.8) is 0 Å². The summed E-state index contributed by atoms with van der Waals surface area (Å²) in [5.41, 5.74) is 6.40. The number of benzene rings is 1. The fourth-order valence-electron chi connectivity index (χ4n) is 2.24. The molecule has 6 heteroatoms. The molecule has 0 spiro atoms. The number of anilines is 1. The number of amides is 2. The maximum absolute atomic E-state index is 12.1. The highest BCUT2D eigenvalue weighted by atomic mass is 35.5. The van der Waals surface area contributed by atoms with E-state index in [-0.39, 0.29) is 11.8 Å². The molecule has 1 atom stereocenters. The van der Waals surface area contributed by atoms with Crippen LogP contribution >= 0.6 is 11.6 Å². The molecule has 1 heterocycles. The molecule has 1 aromatic carbocycles. The molecule has 1 fully saturated rings. The van der Waals surface area contributed by atoms with Gasteiger partial charge in [0.05, 0.1) is 10.7 Å². The third kappa shape index (κ3) is 3.22. The van der Waals surface area contributed by atoms with E-state index in [1.165, 1.54) is 6.07 Å². The van der Waals surface area contributed by atoms with Crippen LogP contribution in [0.4, 0.5) is 5.69 Å². The minimum Gasteiger partial charge on any atom is -0.398 e. The Morgan fingerprint density at radius 2 is 2.00 bits per heavy atom. The van der Waals surface area contributed by atoms with E-state index in [1.54, 1.807) is 24.0 Å². The number of likely N-dealkylation sites (tertiary alicyclic amines) is 1. The molecule has 3 N–H and O–H groups in total. The van der Waals surface area contributed by atoms with Gasteiger partial charge in [0.15, 0.2) is 0 Å². The van der Waals surface area contributed by atoms with Crippen LogP contribution in [0.5, 0.6) is 0 Å². The molecule has 1 aromatic rings. The Labute approximate surface area is 123 Å². The van der Waals surface area contributed by atoms with E-state index in [0.717, 1.165) is 25.9 Å². The average Bonchev–Trinajstić information content (AvgIpc) is 2.94. The van der Waals surface area contributed by atoms with Gasteiger partial charge < -0.3 is 16.0 Å². The van der Waals surface area contributed by atoms with Crippen molar-refractivity contribution in [2.24, 2.45) is 0 Å². The zero-order valence-electron chi connectivity index (χ0n) is 11.4. The Bertz CT molecular complexity index is 527. The number of hydrogen-bond donors (Lipinski definition) is 2. The summed E-state index contributed by atoms with van der Waals surface area (Å²) < 4.78 is 0. The number of carbonyl (C=O) groups excluding carboxylic acids is 2. The molecule has 0 aliphatic carbocycles. The number of halogens is 1. The summed E-state index contributed by atoms with van der Waals surface area (Å²) in [6, 6.07) is 4.11.